The second-order valence-electron chi connectivity index (χ2n) is 3.93. The van der Waals surface area contributed by atoms with E-state index in [-0.39, 0.29) is 11.4 Å². The fourth-order valence-corrected chi connectivity index (χ4v) is 1.84. The van der Waals surface area contributed by atoms with Gasteiger partial charge in [-0.3, -0.25) is 0 Å². The van der Waals surface area contributed by atoms with Crippen LogP contribution in [0.1, 0.15) is 17.4 Å². The number of hydrogen-bond donors (Lipinski definition) is 1. The van der Waals surface area contributed by atoms with Crippen LogP contribution >= 0.6 is 11.6 Å². The zero-order valence-electron chi connectivity index (χ0n) is 10.2. The van der Waals surface area contributed by atoms with E-state index in [4.69, 9.17) is 16.3 Å². The van der Waals surface area contributed by atoms with Crippen molar-refractivity contribution in [2.75, 3.05) is 7.11 Å². The van der Waals surface area contributed by atoms with Gasteiger partial charge in [-0.15, -0.1) is 10.2 Å². The third-order valence-electron chi connectivity index (χ3n) is 2.66. The summed E-state index contributed by atoms with van der Waals surface area (Å²) < 4.78 is 18.1. The molecule has 1 heterocycles. The number of benzene rings is 1. The molecule has 0 spiro atoms. The van der Waals surface area contributed by atoms with E-state index in [1.165, 1.54) is 13.2 Å². The third kappa shape index (κ3) is 3.19. The molecule has 1 atom stereocenters. The molecule has 4 nitrogen and oxygen atoms in total. The van der Waals surface area contributed by atoms with Crippen LogP contribution in [0.4, 0.5) is 4.39 Å². The smallest absolute Gasteiger partial charge is 0.233 e. The topological polar surface area (TPSA) is 55.2 Å². The van der Waals surface area contributed by atoms with Crippen LogP contribution in [0.3, 0.4) is 0 Å². The lowest BCUT2D eigenvalue weighted by molar-refractivity contribution is 0.172. The Kier molecular flexibility index (Phi) is 4.29. The molecule has 19 heavy (non-hydrogen) atoms. The molecule has 0 aliphatic carbocycles. The van der Waals surface area contributed by atoms with Gasteiger partial charge in [-0.05, 0) is 17.7 Å². The van der Waals surface area contributed by atoms with Crippen LogP contribution in [0, 0.1) is 5.82 Å². The summed E-state index contributed by atoms with van der Waals surface area (Å²) in [6.07, 6.45) is -0.741. The number of halogens is 2. The van der Waals surface area contributed by atoms with Gasteiger partial charge >= 0.3 is 0 Å². The van der Waals surface area contributed by atoms with E-state index in [0.29, 0.717) is 17.1 Å². The van der Waals surface area contributed by atoms with Crippen LogP contribution < -0.4 is 4.74 Å². The van der Waals surface area contributed by atoms with Crippen molar-refractivity contribution in [1.29, 1.82) is 0 Å². The van der Waals surface area contributed by atoms with E-state index in [1.54, 1.807) is 24.3 Å². The summed E-state index contributed by atoms with van der Waals surface area (Å²) in [7, 11) is 1.48. The molecule has 2 rings (SSSR count). The summed E-state index contributed by atoms with van der Waals surface area (Å²) in [6, 6.07) is 7.67. The van der Waals surface area contributed by atoms with Crippen molar-refractivity contribution in [2.24, 2.45) is 0 Å². The summed E-state index contributed by atoms with van der Waals surface area (Å²) in [5, 5.41) is 17.6. The minimum atomic E-state index is -0.905. The molecule has 2 aromatic rings. The van der Waals surface area contributed by atoms with Gasteiger partial charge in [0.15, 0.2) is 0 Å². The molecule has 0 saturated heterocycles. The first-order valence-corrected chi connectivity index (χ1v) is 5.98. The van der Waals surface area contributed by atoms with E-state index < -0.39 is 11.9 Å². The van der Waals surface area contributed by atoms with Gasteiger partial charge in [-0.2, -0.15) is 0 Å². The quantitative estimate of drug-likeness (QED) is 0.936. The Morgan fingerprint density at radius 3 is 2.74 bits per heavy atom. The molecular formula is C13H12ClFN2O2. The molecule has 0 aliphatic rings. The van der Waals surface area contributed by atoms with Crippen LogP contribution in [0.2, 0.25) is 5.02 Å². The van der Waals surface area contributed by atoms with E-state index >= 15 is 0 Å². The fraction of sp³-hybridized carbons (Fsp3) is 0.231. The number of rotatable bonds is 4. The normalized spacial score (nSPS) is 12.2. The molecular weight excluding hydrogens is 271 g/mol. The molecule has 1 aromatic heterocycles. The first-order valence-electron chi connectivity index (χ1n) is 5.60. The lowest BCUT2D eigenvalue weighted by atomic mass is 10.1. The van der Waals surface area contributed by atoms with E-state index in [1.807, 2.05) is 0 Å². The number of hydrogen-bond acceptors (Lipinski definition) is 4. The number of aromatic nitrogens is 2. The molecule has 1 aromatic carbocycles. The molecule has 0 saturated carbocycles. The van der Waals surface area contributed by atoms with Crippen molar-refractivity contribution >= 4 is 11.6 Å². The largest absolute Gasteiger partial charge is 0.480 e. The van der Waals surface area contributed by atoms with Crippen LogP contribution in [-0.4, -0.2) is 22.4 Å². The Labute approximate surface area is 114 Å². The number of aliphatic hydroxyl groups excluding tert-OH is 1. The number of methoxy groups -OCH3 is 1. The third-order valence-corrected chi connectivity index (χ3v) is 3.08. The molecule has 0 bridgehead atoms. The lowest BCUT2D eigenvalue weighted by Gasteiger charge is -2.11. The van der Waals surface area contributed by atoms with Gasteiger partial charge in [-0.25, -0.2) is 4.39 Å². The van der Waals surface area contributed by atoms with E-state index in [2.05, 4.69) is 10.2 Å². The molecule has 6 heteroatoms. The summed E-state index contributed by atoms with van der Waals surface area (Å²) in [5.41, 5.74) is 0.896. The van der Waals surface area contributed by atoms with E-state index in [0.717, 1.165) is 0 Å². The second kappa shape index (κ2) is 5.95. The van der Waals surface area contributed by atoms with Gasteiger partial charge in [0, 0.05) is 12.5 Å². The number of nitrogens with zero attached hydrogens (tertiary/aromatic N) is 2. The zero-order chi connectivity index (χ0) is 13.8. The van der Waals surface area contributed by atoms with Gasteiger partial charge < -0.3 is 9.84 Å². The highest BCUT2D eigenvalue weighted by molar-refractivity contribution is 6.31. The average molecular weight is 283 g/mol. The molecule has 0 radical (unpaired) electrons. The van der Waals surface area contributed by atoms with Crippen molar-refractivity contribution in [3.8, 4) is 5.88 Å². The number of aliphatic hydroxyl groups is 1. The Morgan fingerprint density at radius 2 is 2.11 bits per heavy atom. The maximum atomic E-state index is 13.3. The summed E-state index contributed by atoms with van der Waals surface area (Å²) in [4.78, 5) is 0. The van der Waals surface area contributed by atoms with Crippen molar-refractivity contribution in [1.82, 2.24) is 10.2 Å². The molecule has 1 N–H and O–H groups in total. The Hall–Kier alpha value is -1.72. The van der Waals surface area contributed by atoms with Crippen molar-refractivity contribution in [3.63, 3.8) is 0 Å². The zero-order valence-corrected chi connectivity index (χ0v) is 10.9. The van der Waals surface area contributed by atoms with E-state index in [9.17, 15) is 9.50 Å². The maximum absolute atomic E-state index is 13.3. The van der Waals surface area contributed by atoms with Crippen molar-refractivity contribution in [3.05, 3.63) is 52.4 Å². The van der Waals surface area contributed by atoms with Gasteiger partial charge in [0.05, 0.1) is 17.8 Å². The van der Waals surface area contributed by atoms with Crippen LogP contribution in [-0.2, 0) is 6.42 Å². The monoisotopic (exact) mass is 282 g/mol. The Bertz CT molecular complexity index is 563. The van der Waals surface area contributed by atoms with Gasteiger partial charge in [0.25, 0.3) is 0 Å². The summed E-state index contributed by atoms with van der Waals surface area (Å²) >= 11 is 5.83. The van der Waals surface area contributed by atoms with Crippen LogP contribution in [0.25, 0.3) is 0 Å². The predicted octanol–water partition coefficient (Wildman–Crippen LogP) is 2.55. The maximum Gasteiger partial charge on any atom is 0.233 e. The van der Waals surface area contributed by atoms with Crippen molar-refractivity contribution < 1.29 is 14.2 Å². The Morgan fingerprint density at radius 1 is 1.32 bits per heavy atom. The van der Waals surface area contributed by atoms with Crippen molar-refractivity contribution in [2.45, 2.75) is 12.5 Å². The first kappa shape index (κ1) is 13.7. The van der Waals surface area contributed by atoms with Crippen LogP contribution in [0.15, 0.2) is 30.3 Å². The molecule has 0 amide bonds. The highest BCUT2D eigenvalue weighted by Crippen LogP contribution is 2.25. The first-order chi connectivity index (χ1) is 9.11. The minimum absolute atomic E-state index is 0.0167. The highest BCUT2D eigenvalue weighted by atomic mass is 35.5. The van der Waals surface area contributed by atoms with Crippen LogP contribution in [0.5, 0.6) is 5.88 Å². The van der Waals surface area contributed by atoms with Gasteiger partial charge in [0.1, 0.15) is 11.9 Å². The molecule has 100 valence electrons. The summed E-state index contributed by atoms with van der Waals surface area (Å²) in [6.45, 7) is 0. The molecule has 0 fully saturated rings. The molecule has 1 unspecified atom stereocenters. The summed E-state index contributed by atoms with van der Waals surface area (Å²) in [5.74, 6) is -0.146. The SMILES string of the molecule is COc1ccc(C(O)Cc2cccc(F)c2Cl)nn1. The Balaban J connectivity index is 2.15. The highest BCUT2D eigenvalue weighted by Gasteiger charge is 2.14. The minimum Gasteiger partial charge on any atom is -0.480 e. The second-order valence-corrected chi connectivity index (χ2v) is 4.31. The molecule has 0 aliphatic heterocycles. The average Bonchev–Trinajstić information content (AvgIpc) is 2.44. The lowest BCUT2D eigenvalue weighted by Crippen LogP contribution is -2.06. The number of ether oxygens (including phenoxy) is 1. The standard InChI is InChI=1S/C13H12ClFN2O2/c1-19-12-6-5-10(16-17-12)11(18)7-8-3-2-4-9(15)13(8)14/h2-6,11,18H,7H2,1H3. The van der Waals surface area contributed by atoms with Gasteiger partial charge in [0.2, 0.25) is 5.88 Å². The predicted molar refractivity (Wildman–Crippen MR) is 68.7 cm³/mol. The fourth-order valence-electron chi connectivity index (χ4n) is 1.64. The van der Waals surface area contributed by atoms with Gasteiger partial charge in [-0.1, -0.05) is 23.7 Å².